The van der Waals surface area contributed by atoms with E-state index in [2.05, 4.69) is 48.4 Å². The van der Waals surface area contributed by atoms with Gasteiger partial charge in [-0.05, 0) is 50.8 Å². The maximum Gasteiger partial charge on any atom is 0.0794 e. The molecule has 0 aliphatic carbocycles. The molecule has 1 heterocycles. The normalized spacial score (nSPS) is 12.5. The highest BCUT2D eigenvalue weighted by Gasteiger charge is 2.11. The second-order valence-corrected chi connectivity index (χ2v) is 6.40. The minimum absolute atomic E-state index is 0.643. The largest absolute Gasteiger partial charge is 0.316 e. The highest BCUT2D eigenvalue weighted by Crippen LogP contribution is 2.17. The van der Waals surface area contributed by atoms with E-state index in [1.807, 2.05) is 11.7 Å². The fraction of sp³-hybridized carbons (Fsp3) is 0.471. The van der Waals surface area contributed by atoms with E-state index in [4.69, 9.17) is 0 Å². The number of nitrogens with one attached hydrogen (secondary N) is 1. The Morgan fingerprint density at radius 3 is 2.65 bits per heavy atom. The van der Waals surface area contributed by atoms with Crippen molar-refractivity contribution in [2.45, 2.75) is 33.1 Å². The van der Waals surface area contributed by atoms with Gasteiger partial charge in [-0.25, -0.2) is 0 Å². The van der Waals surface area contributed by atoms with Crippen LogP contribution in [0.2, 0.25) is 0 Å². The molecule has 0 saturated carbocycles. The summed E-state index contributed by atoms with van der Waals surface area (Å²) >= 11 is 1.76. The van der Waals surface area contributed by atoms with E-state index in [9.17, 15) is 0 Å². The first-order chi connectivity index (χ1) is 9.78. The molecule has 1 atom stereocenters. The number of aryl methyl sites for hydroxylation is 1. The van der Waals surface area contributed by atoms with Crippen molar-refractivity contribution in [3.05, 3.63) is 52.0 Å². The Bertz CT molecular complexity index is 476. The number of nitrogens with zero attached hydrogens (tertiary/aromatic N) is 1. The molecule has 0 aliphatic rings. The molecule has 20 heavy (non-hydrogen) atoms. The molecular weight excluding hydrogens is 264 g/mol. The van der Waals surface area contributed by atoms with Crippen LogP contribution in [0.15, 0.2) is 36.0 Å². The van der Waals surface area contributed by atoms with Gasteiger partial charge in [0.1, 0.15) is 0 Å². The Hall–Kier alpha value is -1.19. The molecular formula is C17H24N2S. The molecule has 1 N–H and O–H groups in total. The third-order valence-electron chi connectivity index (χ3n) is 3.48. The molecule has 1 unspecified atom stereocenters. The van der Waals surface area contributed by atoms with Crippen LogP contribution in [0.5, 0.6) is 0 Å². The van der Waals surface area contributed by atoms with Crippen LogP contribution in [0, 0.1) is 12.8 Å². The second-order valence-electron chi connectivity index (χ2n) is 5.43. The lowest BCUT2D eigenvalue weighted by molar-refractivity contribution is 0.473. The van der Waals surface area contributed by atoms with Crippen molar-refractivity contribution in [2.75, 3.05) is 13.1 Å². The standard InChI is InChI=1S/C17H24N2S/c1-3-8-18-11-16(10-17-12-19-13-20-17)9-15-6-4-14(2)5-7-15/h4-7,12-13,16,18H,3,8-11H2,1-2H3. The molecule has 0 aliphatic heterocycles. The molecule has 0 bridgehead atoms. The molecule has 0 spiro atoms. The number of thiazole rings is 1. The van der Waals surface area contributed by atoms with Crippen molar-refractivity contribution in [3.63, 3.8) is 0 Å². The first-order valence-corrected chi connectivity index (χ1v) is 8.29. The molecule has 2 rings (SSSR count). The summed E-state index contributed by atoms with van der Waals surface area (Å²) in [4.78, 5) is 5.58. The van der Waals surface area contributed by atoms with E-state index < -0.39 is 0 Å². The zero-order chi connectivity index (χ0) is 14.2. The van der Waals surface area contributed by atoms with Gasteiger partial charge in [0.25, 0.3) is 0 Å². The van der Waals surface area contributed by atoms with Crippen LogP contribution in [0.1, 0.15) is 29.3 Å². The van der Waals surface area contributed by atoms with E-state index >= 15 is 0 Å². The molecule has 0 fully saturated rings. The first kappa shape index (κ1) is 15.2. The fourth-order valence-electron chi connectivity index (χ4n) is 2.38. The minimum atomic E-state index is 0.643. The fourth-order valence-corrected chi connectivity index (χ4v) is 3.10. The van der Waals surface area contributed by atoms with Crippen molar-refractivity contribution in [1.29, 1.82) is 0 Å². The van der Waals surface area contributed by atoms with Gasteiger partial charge < -0.3 is 5.32 Å². The Labute approximate surface area is 126 Å². The summed E-state index contributed by atoms with van der Waals surface area (Å²) in [6.45, 7) is 6.54. The van der Waals surface area contributed by atoms with Crippen molar-refractivity contribution in [2.24, 2.45) is 5.92 Å². The monoisotopic (exact) mass is 288 g/mol. The van der Waals surface area contributed by atoms with Crippen molar-refractivity contribution < 1.29 is 0 Å². The lowest BCUT2D eigenvalue weighted by atomic mass is 9.95. The zero-order valence-corrected chi connectivity index (χ0v) is 13.2. The first-order valence-electron chi connectivity index (χ1n) is 7.41. The summed E-state index contributed by atoms with van der Waals surface area (Å²) in [5.74, 6) is 0.643. The van der Waals surface area contributed by atoms with Gasteiger partial charge in [-0.2, -0.15) is 0 Å². The van der Waals surface area contributed by atoms with E-state index in [1.165, 1.54) is 22.4 Å². The smallest absolute Gasteiger partial charge is 0.0794 e. The average Bonchev–Trinajstić information content (AvgIpc) is 2.94. The molecule has 0 amide bonds. The third-order valence-corrected chi connectivity index (χ3v) is 4.28. The quantitative estimate of drug-likeness (QED) is 0.746. The van der Waals surface area contributed by atoms with Crippen molar-refractivity contribution >= 4 is 11.3 Å². The molecule has 0 radical (unpaired) electrons. The molecule has 1 aromatic carbocycles. The van der Waals surface area contributed by atoms with Crippen LogP contribution >= 0.6 is 11.3 Å². The van der Waals surface area contributed by atoms with Crippen LogP contribution < -0.4 is 5.32 Å². The van der Waals surface area contributed by atoms with Gasteiger partial charge in [0, 0.05) is 11.1 Å². The van der Waals surface area contributed by atoms with Crippen LogP contribution in [-0.2, 0) is 12.8 Å². The average molecular weight is 288 g/mol. The molecule has 3 heteroatoms. The molecule has 0 saturated heterocycles. The zero-order valence-electron chi connectivity index (χ0n) is 12.4. The lowest BCUT2D eigenvalue weighted by Crippen LogP contribution is -2.26. The maximum atomic E-state index is 4.19. The van der Waals surface area contributed by atoms with Gasteiger partial charge in [-0.15, -0.1) is 11.3 Å². The van der Waals surface area contributed by atoms with Crippen LogP contribution in [-0.4, -0.2) is 18.1 Å². The van der Waals surface area contributed by atoms with Gasteiger partial charge in [0.2, 0.25) is 0 Å². The van der Waals surface area contributed by atoms with Crippen molar-refractivity contribution in [3.8, 4) is 0 Å². The third kappa shape index (κ3) is 5.06. The molecule has 2 aromatic rings. The van der Waals surface area contributed by atoms with Gasteiger partial charge in [-0.1, -0.05) is 36.8 Å². The van der Waals surface area contributed by atoms with Crippen LogP contribution in [0.25, 0.3) is 0 Å². The number of rotatable bonds is 8. The number of hydrogen-bond acceptors (Lipinski definition) is 3. The number of aromatic nitrogens is 1. The van der Waals surface area contributed by atoms with E-state index in [0.717, 1.165) is 25.9 Å². The maximum absolute atomic E-state index is 4.19. The summed E-state index contributed by atoms with van der Waals surface area (Å²) in [6.07, 6.45) is 5.45. The Kier molecular flexibility index (Phi) is 6.22. The van der Waals surface area contributed by atoms with Gasteiger partial charge >= 0.3 is 0 Å². The molecule has 2 nitrogen and oxygen atoms in total. The predicted molar refractivity (Wildman–Crippen MR) is 87.4 cm³/mol. The Balaban J connectivity index is 1.95. The summed E-state index contributed by atoms with van der Waals surface area (Å²) in [7, 11) is 0. The minimum Gasteiger partial charge on any atom is -0.316 e. The Morgan fingerprint density at radius 2 is 2.00 bits per heavy atom. The summed E-state index contributed by atoms with van der Waals surface area (Å²) in [6, 6.07) is 8.93. The van der Waals surface area contributed by atoms with Gasteiger partial charge in [0.15, 0.2) is 0 Å². The number of hydrogen-bond donors (Lipinski definition) is 1. The highest BCUT2D eigenvalue weighted by molar-refractivity contribution is 7.09. The SMILES string of the molecule is CCCNCC(Cc1ccc(C)cc1)Cc1cncs1. The molecule has 1 aromatic heterocycles. The second kappa shape index (κ2) is 8.18. The number of benzene rings is 1. The summed E-state index contributed by atoms with van der Waals surface area (Å²) in [5, 5.41) is 3.56. The highest BCUT2D eigenvalue weighted by atomic mass is 32.1. The van der Waals surface area contributed by atoms with E-state index in [1.54, 1.807) is 11.3 Å². The predicted octanol–water partition coefficient (Wildman–Crippen LogP) is 3.85. The topological polar surface area (TPSA) is 24.9 Å². The lowest BCUT2D eigenvalue weighted by Gasteiger charge is -2.17. The van der Waals surface area contributed by atoms with Crippen molar-refractivity contribution in [1.82, 2.24) is 10.3 Å². The van der Waals surface area contributed by atoms with Gasteiger partial charge in [-0.3, -0.25) is 4.98 Å². The van der Waals surface area contributed by atoms with Crippen LogP contribution in [0.3, 0.4) is 0 Å². The van der Waals surface area contributed by atoms with E-state index in [-0.39, 0.29) is 0 Å². The Morgan fingerprint density at radius 1 is 1.20 bits per heavy atom. The van der Waals surface area contributed by atoms with Gasteiger partial charge in [0.05, 0.1) is 5.51 Å². The summed E-state index contributed by atoms with van der Waals surface area (Å²) < 4.78 is 0. The summed E-state index contributed by atoms with van der Waals surface area (Å²) in [5.41, 5.74) is 4.69. The van der Waals surface area contributed by atoms with E-state index in [0.29, 0.717) is 5.92 Å². The van der Waals surface area contributed by atoms with Crippen LogP contribution in [0.4, 0.5) is 0 Å². The molecule has 108 valence electrons.